The third kappa shape index (κ3) is 3.80. The van der Waals surface area contributed by atoms with Gasteiger partial charge in [0, 0.05) is 17.7 Å². The van der Waals surface area contributed by atoms with E-state index < -0.39 is 7.14 Å². The summed E-state index contributed by atoms with van der Waals surface area (Å²) in [5.41, 5.74) is 5.58. The van der Waals surface area contributed by atoms with Crippen molar-refractivity contribution >= 4 is 35.1 Å². The van der Waals surface area contributed by atoms with Crippen LogP contribution in [0, 0.1) is 0 Å². The summed E-state index contributed by atoms with van der Waals surface area (Å²) in [6.45, 7) is 0. The molecular formula is C24H22N3OP. The molecular weight excluding hydrogens is 377 g/mol. The Balaban J connectivity index is 1.73. The molecule has 0 atom stereocenters. The Morgan fingerprint density at radius 2 is 1.28 bits per heavy atom. The number of nitrogens with zero attached hydrogens (tertiary/aromatic N) is 2. The molecule has 4 nitrogen and oxygen atoms in total. The largest absolute Gasteiger partial charge is 0.340 e. The Labute approximate surface area is 170 Å². The molecule has 4 rings (SSSR count). The minimum atomic E-state index is -3.00. The zero-order chi connectivity index (χ0) is 20.1. The van der Waals surface area contributed by atoms with Crippen LogP contribution in [0.3, 0.4) is 0 Å². The maximum Gasteiger partial charge on any atom is 0.186 e. The van der Waals surface area contributed by atoms with Gasteiger partial charge in [0.2, 0.25) is 0 Å². The van der Waals surface area contributed by atoms with E-state index in [2.05, 4.69) is 10.5 Å². The predicted octanol–water partition coefficient (Wildman–Crippen LogP) is 4.11. The Hall–Kier alpha value is -3.36. The average Bonchev–Trinajstić information content (AvgIpc) is 3.16. The van der Waals surface area contributed by atoms with Gasteiger partial charge in [-0.05, 0) is 24.3 Å². The van der Waals surface area contributed by atoms with Gasteiger partial charge in [-0.15, -0.1) is 0 Å². The van der Waals surface area contributed by atoms with Gasteiger partial charge in [0.05, 0.1) is 23.0 Å². The third-order valence-electron chi connectivity index (χ3n) is 4.86. The van der Waals surface area contributed by atoms with E-state index in [-0.39, 0.29) is 0 Å². The van der Waals surface area contributed by atoms with Gasteiger partial charge >= 0.3 is 0 Å². The quantitative estimate of drug-likeness (QED) is 0.301. The van der Waals surface area contributed by atoms with Crippen molar-refractivity contribution in [3.63, 3.8) is 0 Å². The van der Waals surface area contributed by atoms with Crippen LogP contribution < -0.4 is 21.5 Å². The van der Waals surface area contributed by atoms with Gasteiger partial charge in [-0.1, -0.05) is 78.9 Å². The molecule has 0 saturated heterocycles. The van der Waals surface area contributed by atoms with Crippen molar-refractivity contribution in [1.82, 2.24) is 4.57 Å². The van der Waals surface area contributed by atoms with E-state index in [1.807, 2.05) is 115 Å². The van der Waals surface area contributed by atoms with Crippen molar-refractivity contribution in [3.8, 4) is 0 Å². The van der Waals surface area contributed by atoms with Gasteiger partial charge in [0.25, 0.3) is 0 Å². The number of anilines is 1. The standard InChI is InChI=1S/C24H22N3OP/c1-27-21(19-25-26-20-11-5-2-6-12-20)17-18-24(27)29(28,22-13-7-3-8-14-22)23-15-9-4-10-16-23/h2-19,26H,1H3/b25-19+. The van der Waals surface area contributed by atoms with Gasteiger partial charge in [-0.2, -0.15) is 5.10 Å². The minimum Gasteiger partial charge on any atom is -0.340 e. The Morgan fingerprint density at radius 3 is 1.83 bits per heavy atom. The summed E-state index contributed by atoms with van der Waals surface area (Å²) in [6, 6.07) is 33.0. The molecule has 0 unspecified atom stereocenters. The van der Waals surface area contributed by atoms with E-state index in [0.29, 0.717) is 0 Å². The first-order valence-electron chi connectivity index (χ1n) is 9.41. The highest BCUT2D eigenvalue weighted by molar-refractivity contribution is 7.85. The van der Waals surface area contributed by atoms with Crippen LogP contribution in [0.25, 0.3) is 0 Å². The summed E-state index contributed by atoms with van der Waals surface area (Å²) < 4.78 is 16.4. The lowest BCUT2D eigenvalue weighted by Gasteiger charge is -2.20. The van der Waals surface area contributed by atoms with Crippen molar-refractivity contribution < 1.29 is 4.57 Å². The lowest BCUT2D eigenvalue weighted by molar-refractivity contribution is 0.591. The molecule has 29 heavy (non-hydrogen) atoms. The summed E-state index contributed by atoms with van der Waals surface area (Å²) >= 11 is 0. The second-order valence-corrected chi connectivity index (χ2v) is 9.40. The highest BCUT2D eigenvalue weighted by Crippen LogP contribution is 2.42. The SMILES string of the molecule is Cn1c(/C=N/Nc2ccccc2)ccc1P(=O)(c1ccccc1)c1ccccc1. The van der Waals surface area contributed by atoms with Crippen molar-refractivity contribution in [3.05, 3.63) is 109 Å². The number of nitrogens with one attached hydrogen (secondary N) is 1. The van der Waals surface area contributed by atoms with Crippen LogP contribution >= 0.6 is 7.14 Å². The van der Waals surface area contributed by atoms with Gasteiger partial charge in [0.1, 0.15) is 0 Å². The fraction of sp³-hybridized carbons (Fsp3) is 0.0417. The zero-order valence-electron chi connectivity index (χ0n) is 16.1. The molecule has 5 heteroatoms. The van der Waals surface area contributed by atoms with E-state index >= 15 is 0 Å². The first kappa shape index (κ1) is 19.0. The number of benzene rings is 3. The second-order valence-electron chi connectivity index (χ2n) is 6.69. The van der Waals surface area contributed by atoms with E-state index in [1.165, 1.54) is 0 Å². The van der Waals surface area contributed by atoms with Crippen molar-refractivity contribution in [1.29, 1.82) is 0 Å². The van der Waals surface area contributed by atoms with Crippen LogP contribution in [0.2, 0.25) is 0 Å². The molecule has 0 saturated carbocycles. The first-order chi connectivity index (χ1) is 14.2. The number of hydrogen-bond donors (Lipinski definition) is 1. The van der Waals surface area contributed by atoms with Crippen LogP contribution in [0.5, 0.6) is 0 Å². The molecule has 1 heterocycles. The van der Waals surface area contributed by atoms with Crippen LogP contribution in [0.15, 0.2) is 108 Å². The van der Waals surface area contributed by atoms with Gasteiger partial charge in [0.15, 0.2) is 7.14 Å². The molecule has 0 aliphatic heterocycles. The molecule has 0 aliphatic rings. The summed E-state index contributed by atoms with van der Waals surface area (Å²) in [5, 5.41) is 5.96. The molecule has 4 aromatic rings. The number of aromatic nitrogens is 1. The zero-order valence-corrected chi connectivity index (χ0v) is 17.0. The molecule has 0 aliphatic carbocycles. The van der Waals surface area contributed by atoms with Gasteiger partial charge in [-0.25, -0.2) is 0 Å². The monoisotopic (exact) mass is 399 g/mol. The molecule has 1 aromatic heterocycles. The second kappa shape index (κ2) is 8.34. The number of hydrogen-bond acceptors (Lipinski definition) is 3. The maximum atomic E-state index is 14.5. The summed E-state index contributed by atoms with van der Waals surface area (Å²) in [4.78, 5) is 0. The maximum absolute atomic E-state index is 14.5. The summed E-state index contributed by atoms with van der Waals surface area (Å²) in [7, 11) is -1.07. The molecule has 0 radical (unpaired) electrons. The molecule has 1 N–H and O–H groups in total. The molecule has 0 fully saturated rings. The normalized spacial score (nSPS) is 11.6. The lowest BCUT2D eigenvalue weighted by atomic mass is 10.3. The highest BCUT2D eigenvalue weighted by atomic mass is 31.2. The fourth-order valence-electron chi connectivity index (χ4n) is 3.34. The Bertz CT molecular complexity index is 1110. The van der Waals surface area contributed by atoms with E-state index in [1.54, 1.807) is 6.21 Å². The predicted molar refractivity (Wildman–Crippen MR) is 122 cm³/mol. The van der Waals surface area contributed by atoms with E-state index in [9.17, 15) is 4.57 Å². The van der Waals surface area contributed by atoms with Crippen molar-refractivity contribution in [2.75, 3.05) is 5.43 Å². The highest BCUT2D eigenvalue weighted by Gasteiger charge is 2.32. The summed E-state index contributed by atoms with van der Waals surface area (Å²) in [6.07, 6.45) is 1.75. The molecule has 0 spiro atoms. The Morgan fingerprint density at radius 1 is 0.759 bits per heavy atom. The van der Waals surface area contributed by atoms with Crippen LogP contribution in [-0.2, 0) is 11.6 Å². The van der Waals surface area contributed by atoms with Crippen molar-refractivity contribution in [2.45, 2.75) is 0 Å². The number of hydrazone groups is 1. The van der Waals surface area contributed by atoms with Crippen LogP contribution in [0.1, 0.15) is 5.69 Å². The van der Waals surface area contributed by atoms with E-state index in [0.717, 1.165) is 27.4 Å². The topological polar surface area (TPSA) is 46.4 Å². The number of rotatable bonds is 6. The minimum absolute atomic E-state index is 0.774. The summed E-state index contributed by atoms with van der Waals surface area (Å²) in [5.74, 6) is 0. The van der Waals surface area contributed by atoms with Crippen molar-refractivity contribution in [2.24, 2.45) is 12.1 Å². The number of para-hydroxylation sites is 1. The smallest absolute Gasteiger partial charge is 0.186 e. The first-order valence-corrected chi connectivity index (χ1v) is 11.1. The Kier molecular flexibility index (Phi) is 5.46. The third-order valence-corrected chi connectivity index (χ3v) is 8.01. The van der Waals surface area contributed by atoms with Crippen LogP contribution in [0.4, 0.5) is 5.69 Å². The molecule has 0 bridgehead atoms. The van der Waals surface area contributed by atoms with Crippen LogP contribution in [-0.4, -0.2) is 10.8 Å². The fourth-order valence-corrected chi connectivity index (χ4v) is 6.17. The molecule has 0 amide bonds. The van der Waals surface area contributed by atoms with E-state index in [4.69, 9.17) is 0 Å². The lowest BCUT2D eigenvalue weighted by Crippen LogP contribution is -2.29. The average molecular weight is 399 g/mol. The molecule has 144 valence electrons. The van der Waals surface area contributed by atoms with Gasteiger partial charge < -0.3 is 9.13 Å². The van der Waals surface area contributed by atoms with Gasteiger partial charge in [-0.3, -0.25) is 5.43 Å². The molecule has 3 aromatic carbocycles.